The fourth-order valence-corrected chi connectivity index (χ4v) is 3.82. The minimum atomic E-state index is -0.516. The van der Waals surface area contributed by atoms with Gasteiger partial charge in [-0.1, -0.05) is 60.7 Å². The number of carbonyl (C=O) groups excluding carboxylic acids is 1. The quantitative estimate of drug-likeness (QED) is 0.736. The molecule has 7 heteroatoms. The van der Waals surface area contributed by atoms with Crippen LogP contribution in [-0.2, 0) is 4.79 Å². The van der Waals surface area contributed by atoms with Crippen LogP contribution in [0.15, 0.2) is 60.7 Å². The van der Waals surface area contributed by atoms with Gasteiger partial charge in [-0.25, -0.2) is 0 Å². The van der Waals surface area contributed by atoms with Crippen LogP contribution < -0.4 is 5.73 Å². The number of nitrogens with zero attached hydrogens (tertiary/aromatic N) is 5. The first-order valence-electron chi connectivity index (χ1n) is 9.56. The van der Waals surface area contributed by atoms with Gasteiger partial charge in [0, 0.05) is 24.6 Å². The lowest BCUT2D eigenvalue weighted by molar-refractivity contribution is -0.134. The fraction of sp³-hybridized carbons (Fsp3) is 0.333. The molecule has 28 heavy (non-hydrogen) atoms. The molecule has 2 aromatic carbocycles. The van der Waals surface area contributed by atoms with Crippen LogP contribution in [0.25, 0.3) is 11.4 Å². The molecule has 0 radical (unpaired) electrons. The molecule has 3 aromatic rings. The van der Waals surface area contributed by atoms with E-state index >= 15 is 0 Å². The number of hydrogen-bond acceptors (Lipinski definition) is 5. The number of hydrogen-bond donors (Lipinski definition) is 1. The molecular weight excluding hydrogens is 352 g/mol. The van der Waals surface area contributed by atoms with E-state index in [0.29, 0.717) is 25.5 Å². The Morgan fingerprint density at radius 1 is 1.11 bits per heavy atom. The van der Waals surface area contributed by atoms with Crippen molar-refractivity contribution >= 4 is 5.91 Å². The Hall–Kier alpha value is -3.06. The maximum absolute atomic E-state index is 13.1. The number of rotatable bonds is 5. The lowest BCUT2D eigenvalue weighted by Crippen LogP contribution is -2.36. The predicted octanol–water partition coefficient (Wildman–Crippen LogP) is 2.10. The molecule has 0 spiro atoms. The molecule has 7 nitrogen and oxygen atoms in total. The number of nitrogens with two attached hydrogens (primary N) is 1. The molecule has 1 amide bonds. The van der Waals surface area contributed by atoms with Crippen LogP contribution in [0.1, 0.15) is 24.4 Å². The van der Waals surface area contributed by atoms with Gasteiger partial charge in [0.1, 0.15) is 6.04 Å². The molecule has 1 aliphatic heterocycles. The Bertz CT molecular complexity index is 926. The van der Waals surface area contributed by atoms with Crippen molar-refractivity contribution in [2.75, 3.05) is 19.6 Å². The summed E-state index contributed by atoms with van der Waals surface area (Å²) in [5.74, 6) is 1.02. The van der Waals surface area contributed by atoms with Crippen LogP contribution in [0, 0.1) is 5.92 Å². The first-order valence-corrected chi connectivity index (χ1v) is 9.56. The zero-order valence-electron chi connectivity index (χ0n) is 15.8. The second kappa shape index (κ2) is 7.90. The highest BCUT2D eigenvalue weighted by Gasteiger charge is 2.37. The van der Waals surface area contributed by atoms with Crippen LogP contribution in [0.5, 0.6) is 0 Å². The summed E-state index contributed by atoms with van der Waals surface area (Å²) in [6.07, 6.45) is 0. The minimum Gasteiger partial charge on any atom is -0.340 e. The van der Waals surface area contributed by atoms with Crippen molar-refractivity contribution in [2.24, 2.45) is 11.7 Å². The smallest absolute Gasteiger partial charge is 0.249 e. The first-order chi connectivity index (χ1) is 13.7. The van der Waals surface area contributed by atoms with Crippen LogP contribution in [0.2, 0.25) is 0 Å². The normalized spacial score (nSPS) is 20.3. The molecule has 4 rings (SSSR count). The molecule has 2 heterocycles. The molecule has 0 bridgehead atoms. The van der Waals surface area contributed by atoms with Crippen LogP contribution in [0.3, 0.4) is 0 Å². The standard InChI is InChI=1S/C21H24N6O/c1-15(27-24-20(23-25-27)17-10-6-3-7-11-17)21(28)26-13-18(12-22)19(14-26)16-8-4-2-5-9-16/h2-11,15,18-19H,12-14,22H2,1H3/t15?,18-,19+/m1/s1. The van der Waals surface area contributed by atoms with E-state index in [9.17, 15) is 4.79 Å². The van der Waals surface area contributed by atoms with E-state index < -0.39 is 6.04 Å². The van der Waals surface area contributed by atoms with E-state index in [1.165, 1.54) is 10.4 Å². The summed E-state index contributed by atoms with van der Waals surface area (Å²) in [6.45, 7) is 3.68. The van der Waals surface area contributed by atoms with E-state index in [2.05, 4.69) is 27.5 Å². The second-order valence-corrected chi connectivity index (χ2v) is 7.23. The number of likely N-dealkylation sites (tertiary alicyclic amines) is 1. The van der Waals surface area contributed by atoms with Gasteiger partial charge in [0.2, 0.25) is 11.7 Å². The van der Waals surface area contributed by atoms with Crippen molar-refractivity contribution in [1.82, 2.24) is 25.1 Å². The van der Waals surface area contributed by atoms with Gasteiger partial charge in [0.25, 0.3) is 0 Å². The number of aromatic nitrogens is 4. The zero-order valence-corrected chi connectivity index (χ0v) is 15.8. The molecule has 144 valence electrons. The number of benzene rings is 2. The Labute approximate surface area is 164 Å². The SMILES string of the molecule is CC(C(=O)N1C[C@@H](CN)[C@H](c2ccccc2)C1)n1nnc(-c2ccccc2)n1. The highest BCUT2D eigenvalue weighted by Crippen LogP contribution is 2.33. The average molecular weight is 376 g/mol. The van der Waals surface area contributed by atoms with Gasteiger partial charge in [0.15, 0.2) is 0 Å². The predicted molar refractivity (Wildman–Crippen MR) is 106 cm³/mol. The molecule has 3 atom stereocenters. The third kappa shape index (κ3) is 3.53. The number of amides is 1. The van der Waals surface area contributed by atoms with E-state index in [4.69, 9.17) is 5.73 Å². The lowest BCUT2D eigenvalue weighted by Gasteiger charge is -2.20. The highest BCUT2D eigenvalue weighted by atomic mass is 16.2. The summed E-state index contributed by atoms with van der Waals surface area (Å²) in [5, 5.41) is 12.6. The van der Waals surface area contributed by atoms with Gasteiger partial charge in [-0.15, -0.1) is 10.2 Å². The molecule has 2 N–H and O–H groups in total. The third-order valence-electron chi connectivity index (χ3n) is 5.45. The Balaban J connectivity index is 1.49. The maximum Gasteiger partial charge on any atom is 0.249 e. The van der Waals surface area contributed by atoms with Gasteiger partial charge in [-0.2, -0.15) is 4.80 Å². The molecule has 0 saturated carbocycles. The molecular formula is C21H24N6O. The topological polar surface area (TPSA) is 89.9 Å². The molecule has 1 aromatic heterocycles. The molecule has 1 aliphatic rings. The van der Waals surface area contributed by atoms with Gasteiger partial charge in [-0.05, 0) is 30.2 Å². The van der Waals surface area contributed by atoms with Crippen LogP contribution in [-0.4, -0.2) is 50.6 Å². The van der Waals surface area contributed by atoms with Gasteiger partial charge >= 0.3 is 0 Å². The van der Waals surface area contributed by atoms with Crippen molar-refractivity contribution in [3.8, 4) is 11.4 Å². The summed E-state index contributed by atoms with van der Waals surface area (Å²) >= 11 is 0. The van der Waals surface area contributed by atoms with Gasteiger partial charge < -0.3 is 10.6 Å². The number of carbonyl (C=O) groups is 1. The van der Waals surface area contributed by atoms with E-state index in [0.717, 1.165) is 5.56 Å². The lowest BCUT2D eigenvalue weighted by atomic mass is 9.89. The minimum absolute atomic E-state index is 0.00565. The van der Waals surface area contributed by atoms with Gasteiger partial charge in [0.05, 0.1) is 0 Å². The molecule has 0 aliphatic carbocycles. The Kier molecular flexibility index (Phi) is 5.16. The van der Waals surface area contributed by atoms with Crippen molar-refractivity contribution < 1.29 is 4.79 Å². The molecule has 1 saturated heterocycles. The summed E-state index contributed by atoms with van der Waals surface area (Å²) in [4.78, 5) is 16.4. The fourth-order valence-electron chi connectivity index (χ4n) is 3.82. The maximum atomic E-state index is 13.1. The van der Waals surface area contributed by atoms with Crippen molar-refractivity contribution in [1.29, 1.82) is 0 Å². The zero-order chi connectivity index (χ0) is 19.5. The summed E-state index contributed by atoms with van der Waals surface area (Å²) in [7, 11) is 0. The number of tetrazole rings is 1. The van der Waals surface area contributed by atoms with Gasteiger partial charge in [-0.3, -0.25) is 4.79 Å². The summed E-state index contributed by atoms with van der Waals surface area (Å²) < 4.78 is 0. The van der Waals surface area contributed by atoms with Crippen molar-refractivity contribution in [3.05, 3.63) is 66.2 Å². The molecule has 1 unspecified atom stereocenters. The van der Waals surface area contributed by atoms with E-state index in [1.54, 1.807) is 0 Å². The van der Waals surface area contributed by atoms with E-state index in [1.807, 2.05) is 60.4 Å². The second-order valence-electron chi connectivity index (χ2n) is 7.23. The first kappa shape index (κ1) is 18.3. The summed E-state index contributed by atoms with van der Waals surface area (Å²) in [5.41, 5.74) is 8.11. The Morgan fingerprint density at radius 2 is 1.79 bits per heavy atom. The highest BCUT2D eigenvalue weighted by molar-refractivity contribution is 5.80. The Morgan fingerprint density at radius 3 is 2.46 bits per heavy atom. The largest absolute Gasteiger partial charge is 0.340 e. The third-order valence-corrected chi connectivity index (χ3v) is 5.45. The van der Waals surface area contributed by atoms with E-state index in [-0.39, 0.29) is 17.7 Å². The van der Waals surface area contributed by atoms with Crippen molar-refractivity contribution in [2.45, 2.75) is 18.9 Å². The average Bonchev–Trinajstić information content (AvgIpc) is 3.41. The van der Waals surface area contributed by atoms with Crippen LogP contribution >= 0.6 is 0 Å². The summed E-state index contributed by atoms with van der Waals surface area (Å²) in [6, 6.07) is 19.4. The molecule has 1 fully saturated rings. The van der Waals surface area contributed by atoms with Crippen molar-refractivity contribution in [3.63, 3.8) is 0 Å². The monoisotopic (exact) mass is 376 g/mol. The van der Waals surface area contributed by atoms with Crippen LogP contribution in [0.4, 0.5) is 0 Å².